The Morgan fingerprint density at radius 2 is 1.54 bits per heavy atom. The van der Waals surface area contributed by atoms with Crippen molar-refractivity contribution in [3.63, 3.8) is 0 Å². The van der Waals surface area contributed by atoms with Gasteiger partial charge in [-0.15, -0.1) is 11.3 Å². The molecule has 3 aromatic rings. The van der Waals surface area contributed by atoms with Gasteiger partial charge in [0, 0.05) is 67.0 Å². The minimum atomic E-state index is -3.74. The van der Waals surface area contributed by atoms with Crippen molar-refractivity contribution in [3.05, 3.63) is 81.7 Å². The Bertz CT molecular complexity index is 1430. The number of halogens is 1. The Morgan fingerprint density at radius 3 is 2.10 bits per heavy atom. The van der Waals surface area contributed by atoms with E-state index < -0.39 is 15.6 Å². The summed E-state index contributed by atoms with van der Waals surface area (Å²) in [6.07, 6.45) is 0.572. The molecular weight excluding hydrogens is 556 g/mol. The number of carbonyl (C=O) groups is 2. The predicted molar refractivity (Wildman–Crippen MR) is 156 cm³/mol. The van der Waals surface area contributed by atoms with E-state index in [9.17, 15) is 18.0 Å². The molecule has 1 aliphatic heterocycles. The molecule has 2 aromatic carbocycles. The van der Waals surface area contributed by atoms with Crippen LogP contribution in [0.3, 0.4) is 0 Å². The molecule has 208 valence electrons. The quantitative estimate of drug-likeness (QED) is 0.413. The Hall–Kier alpha value is -2.92. The molecule has 0 radical (unpaired) electrons. The second-order valence-corrected chi connectivity index (χ2v) is 13.6. The molecule has 1 saturated heterocycles. The fraction of sp³-hybridized carbons (Fsp3) is 0.357. The molecule has 2 amide bonds. The van der Waals surface area contributed by atoms with Crippen molar-refractivity contribution < 1.29 is 18.0 Å². The first-order chi connectivity index (χ1) is 18.4. The lowest BCUT2D eigenvalue weighted by atomic mass is 9.96. The zero-order valence-electron chi connectivity index (χ0n) is 22.5. The molecule has 0 aliphatic carbocycles. The summed E-state index contributed by atoms with van der Waals surface area (Å²) in [7, 11) is 0.132. The van der Waals surface area contributed by atoms with Gasteiger partial charge in [0.25, 0.3) is 21.8 Å². The average molecular weight is 589 g/mol. The van der Waals surface area contributed by atoms with E-state index in [-0.39, 0.29) is 29.1 Å². The van der Waals surface area contributed by atoms with Crippen LogP contribution in [-0.4, -0.2) is 69.7 Å². The van der Waals surface area contributed by atoms with Crippen molar-refractivity contribution in [3.8, 4) is 0 Å². The number of nitrogens with one attached hydrogen (secondary N) is 1. The molecule has 39 heavy (non-hydrogen) atoms. The summed E-state index contributed by atoms with van der Waals surface area (Å²) >= 11 is 7.10. The fourth-order valence-electron chi connectivity index (χ4n) is 4.35. The van der Waals surface area contributed by atoms with Crippen molar-refractivity contribution in [2.75, 3.05) is 45.2 Å². The smallest absolute Gasteiger partial charge is 0.253 e. The lowest BCUT2D eigenvalue weighted by molar-refractivity contribution is 0.0697. The molecule has 11 heteroatoms. The molecular formula is C28H33ClN4O4S2. The highest BCUT2D eigenvalue weighted by atomic mass is 35.5. The Balaban J connectivity index is 1.42. The Kier molecular flexibility index (Phi) is 8.70. The number of hydrogen-bond donors (Lipinski definition) is 1. The highest BCUT2D eigenvalue weighted by Crippen LogP contribution is 2.35. The van der Waals surface area contributed by atoms with Crippen LogP contribution in [0, 0.1) is 0 Å². The third-order valence-electron chi connectivity index (χ3n) is 7.08. The van der Waals surface area contributed by atoms with Gasteiger partial charge in [0.05, 0.1) is 5.54 Å². The number of rotatable bonds is 8. The average Bonchev–Trinajstić information content (AvgIpc) is 3.45. The first kappa shape index (κ1) is 29.1. The molecule has 1 unspecified atom stereocenters. The summed E-state index contributed by atoms with van der Waals surface area (Å²) in [6, 6.07) is 17.4. The minimum Gasteiger partial charge on any atom is -0.378 e. The topological polar surface area (TPSA) is 90.0 Å². The van der Waals surface area contributed by atoms with Crippen LogP contribution in [-0.2, 0) is 15.6 Å². The largest absolute Gasteiger partial charge is 0.378 e. The molecule has 1 N–H and O–H groups in total. The molecule has 1 aliphatic rings. The van der Waals surface area contributed by atoms with Gasteiger partial charge in [-0.2, -0.15) is 4.31 Å². The van der Waals surface area contributed by atoms with Gasteiger partial charge in [-0.25, -0.2) is 8.42 Å². The maximum absolute atomic E-state index is 13.5. The van der Waals surface area contributed by atoms with Gasteiger partial charge < -0.3 is 15.1 Å². The van der Waals surface area contributed by atoms with E-state index in [1.165, 1.54) is 4.31 Å². The standard InChI is InChI=1S/C28H33ClN4O4S2/c1-5-28(2,30-26(34)20-6-10-22(29)11-7-20)24-14-15-25(38-24)39(36,37)33-18-16-32(17-19-33)27(35)21-8-12-23(13-9-21)31(3)4/h6-15H,5,16-19H2,1-4H3,(H,30,34). The summed E-state index contributed by atoms with van der Waals surface area (Å²) in [6.45, 7) is 4.90. The number of hydrogen-bond acceptors (Lipinski definition) is 6. The molecule has 4 rings (SSSR count). The number of carbonyl (C=O) groups excluding carboxylic acids is 2. The van der Waals surface area contributed by atoms with Gasteiger partial charge in [0.15, 0.2) is 0 Å². The van der Waals surface area contributed by atoms with Gasteiger partial charge >= 0.3 is 0 Å². The van der Waals surface area contributed by atoms with E-state index in [1.807, 2.05) is 45.0 Å². The SMILES string of the molecule is CCC(C)(NC(=O)c1ccc(Cl)cc1)c1ccc(S(=O)(=O)N2CCN(C(=O)c3ccc(N(C)C)cc3)CC2)s1. The number of anilines is 1. The molecule has 1 fully saturated rings. The number of piperazine rings is 1. The van der Waals surface area contributed by atoms with Gasteiger partial charge in [0.2, 0.25) is 0 Å². The third-order valence-corrected chi connectivity index (χ3v) is 11.0. The van der Waals surface area contributed by atoms with E-state index in [1.54, 1.807) is 53.4 Å². The number of nitrogens with zero attached hydrogens (tertiary/aromatic N) is 3. The summed E-state index contributed by atoms with van der Waals surface area (Å²) in [5.74, 6) is -0.364. The van der Waals surface area contributed by atoms with Gasteiger partial charge in [-0.05, 0) is 74.0 Å². The Labute approximate surface area is 239 Å². The van der Waals surface area contributed by atoms with Crippen molar-refractivity contribution >= 4 is 50.5 Å². The van der Waals surface area contributed by atoms with Crippen molar-refractivity contribution in [2.45, 2.75) is 30.0 Å². The molecule has 0 spiro atoms. The fourth-order valence-corrected chi connectivity index (χ4v) is 7.53. The summed E-state index contributed by atoms with van der Waals surface area (Å²) in [5, 5.41) is 3.60. The van der Waals surface area contributed by atoms with E-state index in [4.69, 9.17) is 11.6 Å². The van der Waals surface area contributed by atoms with Crippen LogP contribution in [0.4, 0.5) is 5.69 Å². The van der Waals surface area contributed by atoms with E-state index >= 15 is 0 Å². The monoisotopic (exact) mass is 588 g/mol. The van der Waals surface area contributed by atoms with Crippen LogP contribution >= 0.6 is 22.9 Å². The maximum Gasteiger partial charge on any atom is 0.253 e. The van der Waals surface area contributed by atoms with Crippen LogP contribution in [0.25, 0.3) is 0 Å². The number of amides is 2. The minimum absolute atomic E-state index is 0.106. The van der Waals surface area contributed by atoms with Crippen LogP contribution in [0.15, 0.2) is 64.9 Å². The van der Waals surface area contributed by atoms with Crippen LogP contribution in [0.5, 0.6) is 0 Å². The summed E-state index contributed by atoms with van der Waals surface area (Å²) in [4.78, 5) is 30.3. The van der Waals surface area contributed by atoms with Gasteiger partial charge in [-0.3, -0.25) is 9.59 Å². The van der Waals surface area contributed by atoms with Crippen LogP contribution in [0.2, 0.25) is 5.02 Å². The Morgan fingerprint density at radius 1 is 0.949 bits per heavy atom. The van der Waals surface area contributed by atoms with E-state index in [0.29, 0.717) is 35.7 Å². The zero-order chi connectivity index (χ0) is 28.4. The van der Waals surface area contributed by atoms with Crippen LogP contribution in [0.1, 0.15) is 45.9 Å². The maximum atomic E-state index is 13.5. The van der Waals surface area contributed by atoms with Crippen molar-refractivity contribution in [1.29, 1.82) is 0 Å². The second-order valence-electron chi connectivity index (χ2n) is 9.90. The molecule has 1 atom stereocenters. The number of sulfonamides is 1. The van der Waals surface area contributed by atoms with E-state index in [0.717, 1.165) is 21.9 Å². The predicted octanol–water partition coefficient (Wildman–Crippen LogP) is 4.67. The van der Waals surface area contributed by atoms with Gasteiger partial charge in [0.1, 0.15) is 4.21 Å². The molecule has 0 bridgehead atoms. The number of benzene rings is 2. The summed E-state index contributed by atoms with van der Waals surface area (Å²) < 4.78 is 28.6. The molecule has 0 saturated carbocycles. The molecule has 2 heterocycles. The van der Waals surface area contributed by atoms with Crippen molar-refractivity contribution in [1.82, 2.24) is 14.5 Å². The summed E-state index contributed by atoms with van der Waals surface area (Å²) in [5.41, 5.74) is 1.31. The highest BCUT2D eigenvalue weighted by molar-refractivity contribution is 7.91. The molecule has 8 nitrogen and oxygen atoms in total. The normalized spacial score (nSPS) is 16.0. The molecule has 1 aromatic heterocycles. The first-order valence-corrected chi connectivity index (χ1v) is 15.3. The second kappa shape index (κ2) is 11.7. The van der Waals surface area contributed by atoms with E-state index in [2.05, 4.69) is 5.32 Å². The third kappa shape index (κ3) is 6.30. The first-order valence-electron chi connectivity index (χ1n) is 12.7. The lowest BCUT2D eigenvalue weighted by Gasteiger charge is -2.34. The zero-order valence-corrected chi connectivity index (χ0v) is 24.9. The highest BCUT2D eigenvalue weighted by Gasteiger charge is 2.34. The van der Waals surface area contributed by atoms with Gasteiger partial charge in [-0.1, -0.05) is 18.5 Å². The van der Waals surface area contributed by atoms with Crippen LogP contribution < -0.4 is 10.2 Å². The number of thiophene rings is 1. The van der Waals surface area contributed by atoms with Crippen molar-refractivity contribution in [2.24, 2.45) is 0 Å². The lowest BCUT2D eigenvalue weighted by Crippen LogP contribution is -2.50.